The van der Waals surface area contributed by atoms with Gasteiger partial charge in [-0.3, -0.25) is 18.9 Å². The number of phosphoric acid groups is 2. The third-order valence-corrected chi connectivity index (χ3v) is 6.62. The van der Waals surface area contributed by atoms with Gasteiger partial charge in [0, 0.05) is 12.3 Å². The van der Waals surface area contributed by atoms with Gasteiger partial charge in [0.05, 0.1) is 5.40 Å². The number of hydrogen-bond donors (Lipinski definition) is 6. The first kappa shape index (κ1) is 24.2. The number of phosphoric ester groups is 1. The topological polar surface area (TPSA) is 218 Å². The lowest BCUT2D eigenvalue weighted by Crippen LogP contribution is -2.60. The zero-order valence-electron chi connectivity index (χ0n) is 15.1. The Labute approximate surface area is 163 Å². The Morgan fingerprint density at radius 2 is 1.79 bits per heavy atom. The van der Waals surface area contributed by atoms with Crippen LogP contribution in [-0.2, 0) is 28.3 Å². The average molecular weight is 458 g/mol. The summed E-state index contributed by atoms with van der Waals surface area (Å²) in [4.78, 5) is 51.9. The monoisotopic (exact) mass is 458 g/mol. The lowest BCUT2D eigenvalue weighted by molar-refractivity contribution is -0.239. The van der Waals surface area contributed by atoms with Gasteiger partial charge in [0.1, 0.15) is 33.5 Å². The second kappa shape index (κ2) is 7.27. The highest BCUT2D eigenvalue weighted by atomic mass is 31.3. The van der Waals surface area contributed by atoms with E-state index in [2.05, 4.69) is 8.83 Å². The number of halogens is 1. The summed E-state index contributed by atoms with van der Waals surface area (Å²) in [5, 5.41) is 17.9. The molecule has 5 atom stereocenters. The lowest BCUT2D eigenvalue weighted by Gasteiger charge is -2.40. The summed E-state index contributed by atoms with van der Waals surface area (Å²) >= 11 is 0. The predicted molar refractivity (Wildman–Crippen MR) is 98.6 cm³/mol. The van der Waals surface area contributed by atoms with Crippen molar-refractivity contribution in [3.05, 3.63) is 33.1 Å². The maximum absolute atomic E-state index is 15.7. The normalized spacial score (nSPS) is 32.8. The molecule has 29 heavy (non-hydrogen) atoms. The molecule has 0 radical (unpaired) electrons. The minimum absolute atomic E-state index is 0.560. The van der Waals surface area contributed by atoms with Crippen molar-refractivity contribution < 1.29 is 52.0 Å². The van der Waals surface area contributed by atoms with Crippen molar-refractivity contribution >= 4 is 39.2 Å². The van der Waals surface area contributed by atoms with Crippen LogP contribution in [0, 0.1) is 0 Å². The van der Waals surface area contributed by atoms with Crippen molar-refractivity contribution in [1.82, 2.24) is 9.55 Å². The van der Waals surface area contributed by atoms with Crippen molar-refractivity contribution in [2.75, 3.05) is 0 Å². The van der Waals surface area contributed by atoms with Crippen LogP contribution < -0.4 is 11.2 Å². The zero-order chi connectivity index (χ0) is 22.6. The fourth-order valence-electron chi connectivity index (χ4n) is 2.86. The molecule has 14 nitrogen and oxygen atoms in total. The highest BCUT2D eigenvalue weighted by molar-refractivity contribution is 7.60. The second-order valence-corrected chi connectivity index (χ2v) is 9.57. The van der Waals surface area contributed by atoms with E-state index in [9.17, 15) is 33.8 Å². The minimum atomic E-state index is -5.60. The molecule has 0 amide bonds. The first-order chi connectivity index (χ1) is 12.8. The summed E-state index contributed by atoms with van der Waals surface area (Å²) in [6, 6.07) is 0.852. The van der Waals surface area contributed by atoms with Crippen LogP contribution in [0.5, 0.6) is 0 Å². The van der Waals surface area contributed by atoms with Crippen molar-refractivity contribution in [1.29, 1.82) is 0 Å². The molecule has 1 fully saturated rings. The van der Waals surface area contributed by atoms with Crippen LogP contribution >= 0.6 is 15.6 Å². The third kappa shape index (κ3) is 4.51. The summed E-state index contributed by atoms with van der Waals surface area (Å²) in [5.74, 6) is -3.51. The Morgan fingerprint density at radius 3 is 2.28 bits per heavy atom. The highest BCUT2D eigenvalue weighted by Gasteiger charge is 2.69. The van der Waals surface area contributed by atoms with Crippen LogP contribution in [0.4, 0.5) is 4.39 Å². The van der Waals surface area contributed by atoms with Gasteiger partial charge in [-0.25, -0.2) is 18.3 Å². The van der Waals surface area contributed by atoms with Crippen LogP contribution in [0.15, 0.2) is 21.9 Å². The maximum Gasteiger partial charge on any atom is 0.480 e. The van der Waals surface area contributed by atoms with Gasteiger partial charge in [-0.2, -0.15) is 4.31 Å². The maximum atomic E-state index is 15.7. The Bertz CT molecular complexity index is 1010. The molecule has 1 aromatic rings. The van der Waals surface area contributed by atoms with E-state index in [0.29, 0.717) is 4.57 Å². The molecule has 1 aromatic heterocycles. The van der Waals surface area contributed by atoms with Crippen LogP contribution in [0.3, 0.4) is 0 Å². The Kier molecular flexibility index (Phi) is 6.07. The number of aromatic nitrogens is 2. The molecule has 160 valence electrons. The van der Waals surface area contributed by atoms with E-state index in [4.69, 9.17) is 14.5 Å². The fourth-order valence-corrected chi connectivity index (χ4v) is 4.77. The number of ether oxygens (including phenoxy) is 1. The number of aliphatic hydroxyl groups is 2. The number of rotatable bonds is 6. The van der Waals surface area contributed by atoms with Gasteiger partial charge in [0.15, 0.2) is 7.85 Å². The van der Waals surface area contributed by atoms with Crippen LogP contribution in [0.2, 0.25) is 0 Å². The number of hydrogen-bond acceptors (Lipinski definition) is 9. The summed E-state index contributed by atoms with van der Waals surface area (Å²) in [5.41, 5.74) is -4.28. The molecular formula is C9H16B3FN2O12P2. The van der Waals surface area contributed by atoms with Crippen LogP contribution in [-0.4, -0.2) is 81.4 Å². The van der Waals surface area contributed by atoms with E-state index in [-0.39, 0.29) is 0 Å². The first-order valence-corrected chi connectivity index (χ1v) is 10.8. The molecule has 1 aliphatic rings. The second-order valence-electron chi connectivity index (χ2n) is 6.81. The standard InChI is InChI=1S/C9H16B3FN2O12P2/c10-8(15-2-1-3(16)14-6(15)19)5(18)4(17)7(13,25-8)9(11,12)26-29(23,24)27-28(20,21)22/h1-2,4-5,17-18H,10-12H2,(H,23,24)(H,14,16,19)(H2,20,21,22)/t4-,5+,7-,8-/m0/s1. The molecule has 1 unspecified atom stereocenters. The molecule has 6 N–H and O–H groups in total. The molecule has 0 spiro atoms. The molecule has 0 aliphatic carbocycles. The average Bonchev–Trinajstić information content (AvgIpc) is 2.66. The van der Waals surface area contributed by atoms with E-state index >= 15 is 4.39 Å². The molecular weight excluding hydrogens is 441 g/mol. The van der Waals surface area contributed by atoms with Gasteiger partial charge in [0.2, 0.25) is 0 Å². The quantitative estimate of drug-likeness (QED) is 0.174. The van der Waals surface area contributed by atoms with E-state index in [0.717, 1.165) is 35.8 Å². The van der Waals surface area contributed by atoms with Crippen LogP contribution in [0.25, 0.3) is 0 Å². The number of alkyl halides is 1. The molecule has 0 aromatic carbocycles. The highest BCUT2D eigenvalue weighted by Crippen LogP contribution is 2.61. The van der Waals surface area contributed by atoms with Crippen LogP contribution in [0.1, 0.15) is 0 Å². The van der Waals surface area contributed by atoms with Crippen molar-refractivity contribution in [3.63, 3.8) is 0 Å². The predicted octanol–water partition coefficient (Wildman–Crippen LogP) is -5.66. The summed E-state index contributed by atoms with van der Waals surface area (Å²) in [6.07, 6.45) is -3.80. The lowest BCUT2D eigenvalue weighted by atomic mass is 9.59. The number of aliphatic hydroxyl groups excluding tert-OH is 2. The Morgan fingerprint density at radius 1 is 1.24 bits per heavy atom. The van der Waals surface area contributed by atoms with Crippen molar-refractivity contribution in [3.8, 4) is 0 Å². The van der Waals surface area contributed by atoms with Gasteiger partial charge in [-0.05, 0) is 0 Å². The van der Waals surface area contributed by atoms with Gasteiger partial charge < -0.3 is 29.6 Å². The van der Waals surface area contributed by atoms with Crippen molar-refractivity contribution in [2.24, 2.45) is 0 Å². The van der Waals surface area contributed by atoms with Crippen molar-refractivity contribution in [2.45, 2.75) is 29.1 Å². The van der Waals surface area contributed by atoms with E-state index < -0.39 is 56.0 Å². The van der Waals surface area contributed by atoms with E-state index in [1.165, 1.54) is 0 Å². The fraction of sp³-hybridized carbons (Fsp3) is 0.556. The molecule has 2 rings (SSSR count). The molecule has 1 saturated heterocycles. The Hall–Kier alpha value is -1.06. The first-order valence-electron chi connectivity index (χ1n) is 7.73. The summed E-state index contributed by atoms with van der Waals surface area (Å²) in [7, 11) is -8.63. The van der Waals surface area contributed by atoms with E-state index in [1.54, 1.807) is 0 Å². The Balaban J connectivity index is 2.47. The molecule has 0 saturated carbocycles. The van der Waals surface area contributed by atoms with E-state index in [1.807, 2.05) is 4.98 Å². The third-order valence-electron chi connectivity index (χ3n) is 4.26. The largest absolute Gasteiger partial charge is 0.480 e. The van der Waals surface area contributed by atoms with Gasteiger partial charge >= 0.3 is 21.3 Å². The number of nitrogens with zero attached hydrogens (tertiary/aromatic N) is 1. The molecule has 1 aliphatic heterocycles. The van der Waals surface area contributed by atoms with Gasteiger partial charge in [-0.1, -0.05) is 0 Å². The number of H-pyrrole nitrogens is 1. The smallest absolute Gasteiger partial charge is 0.386 e. The number of aromatic amines is 1. The molecule has 20 heteroatoms. The summed E-state index contributed by atoms with van der Waals surface area (Å²) < 4.78 is 52.0. The zero-order valence-corrected chi connectivity index (χ0v) is 16.9. The molecule has 0 bridgehead atoms. The summed E-state index contributed by atoms with van der Waals surface area (Å²) in [6.45, 7) is 0. The minimum Gasteiger partial charge on any atom is -0.386 e. The SMILES string of the molecule is BC(B)(OP(=O)(O)OP(=O)(O)O)[C@@]1(F)O[C@@](B)(n2ccc(=O)[nH]c2=O)[C@H](O)[C@@H]1O. The number of nitrogens with one attached hydrogen (secondary N) is 1. The molecule has 2 heterocycles. The van der Waals surface area contributed by atoms with Gasteiger partial charge in [0.25, 0.3) is 11.4 Å². The van der Waals surface area contributed by atoms with Gasteiger partial charge in [-0.15, -0.1) is 0 Å².